The number of likely N-dealkylation sites (tertiary alicyclic amines) is 1. The average molecular weight is 315 g/mol. The molecule has 0 aromatic heterocycles. The number of aliphatic carboxylic acids is 1. The first kappa shape index (κ1) is 17.0. The first-order valence-corrected chi connectivity index (χ1v) is 7.51. The van der Waals surface area contributed by atoms with Crippen molar-refractivity contribution < 1.29 is 28.9 Å². The van der Waals surface area contributed by atoms with Crippen molar-refractivity contribution in [3.63, 3.8) is 0 Å². The van der Waals surface area contributed by atoms with Crippen molar-refractivity contribution in [2.24, 2.45) is 11.8 Å². The van der Waals surface area contributed by atoms with E-state index >= 15 is 0 Å². The normalized spacial score (nSPS) is 31.3. The van der Waals surface area contributed by atoms with Crippen LogP contribution in [0.1, 0.15) is 34.6 Å². The van der Waals surface area contributed by atoms with Crippen molar-refractivity contribution in [2.75, 3.05) is 19.7 Å². The van der Waals surface area contributed by atoms with E-state index in [0.29, 0.717) is 13.2 Å². The number of carboxylic acid groups (broad SMARTS) is 1. The fourth-order valence-electron chi connectivity index (χ4n) is 2.82. The topological polar surface area (TPSA) is 85.3 Å². The van der Waals surface area contributed by atoms with Gasteiger partial charge in [0.1, 0.15) is 11.5 Å². The molecule has 2 fully saturated rings. The van der Waals surface area contributed by atoms with Gasteiger partial charge in [-0.05, 0) is 34.6 Å². The molecule has 0 unspecified atom stereocenters. The van der Waals surface area contributed by atoms with Gasteiger partial charge in [0.15, 0.2) is 5.79 Å². The average Bonchev–Trinajstić information content (AvgIpc) is 2.34. The van der Waals surface area contributed by atoms with Crippen molar-refractivity contribution >= 4 is 12.1 Å². The number of rotatable bonds is 1. The second-order valence-electron chi connectivity index (χ2n) is 7.38. The molecule has 0 aromatic carbocycles. The third kappa shape index (κ3) is 3.89. The van der Waals surface area contributed by atoms with Gasteiger partial charge < -0.3 is 24.2 Å². The zero-order valence-electron chi connectivity index (χ0n) is 13.8. The molecule has 1 N–H and O–H groups in total. The van der Waals surface area contributed by atoms with Crippen molar-refractivity contribution in [3.8, 4) is 0 Å². The van der Waals surface area contributed by atoms with E-state index in [9.17, 15) is 14.7 Å². The van der Waals surface area contributed by atoms with Gasteiger partial charge in [-0.1, -0.05) is 0 Å². The second-order valence-corrected chi connectivity index (χ2v) is 7.38. The van der Waals surface area contributed by atoms with Gasteiger partial charge in [-0.15, -0.1) is 0 Å². The molecule has 22 heavy (non-hydrogen) atoms. The Morgan fingerprint density at radius 3 is 2.45 bits per heavy atom. The Labute approximate surface area is 130 Å². The third-order valence-corrected chi connectivity index (χ3v) is 3.77. The minimum Gasteiger partial charge on any atom is -0.481 e. The van der Waals surface area contributed by atoms with Crippen LogP contribution in [-0.4, -0.2) is 59.3 Å². The lowest BCUT2D eigenvalue weighted by Crippen LogP contribution is -2.61. The number of nitrogens with zero attached hydrogens (tertiary/aromatic N) is 1. The van der Waals surface area contributed by atoms with E-state index in [0.717, 1.165) is 0 Å². The Morgan fingerprint density at radius 2 is 1.91 bits per heavy atom. The summed E-state index contributed by atoms with van der Waals surface area (Å²) in [6.45, 7) is 9.69. The van der Waals surface area contributed by atoms with Crippen LogP contribution in [0, 0.1) is 11.8 Å². The van der Waals surface area contributed by atoms with Gasteiger partial charge in [0.25, 0.3) is 0 Å². The molecule has 0 spiro atoms. The zero-order valence-corrected chi connectivity index (χ0v) is 13.8. The number of carbonyl (C=O) groups excluding carboxylic acids is 1. The Morgan fingerprint density at radius 1 is 1.27 bits per heavy atom. The van der Waals surface area contributed by atoms with E-state index in [1.165, 1.54) is 4.90 Å². The minimum absolute atomic E-state index is 0.0848. The number of amides is 1. The Balaban J connectivity index is 2.13. The lowest BCUT2D eigenvalue weighted by Gasteiger charge is -2.48. The number of carboxylic acids is 1. The third-order valence-electron chi connectivity index (χ3n) is 3.77. The molecule has 0 saturated carbocycles. The molecule has 0 aromatic rings. The molecule has 2 heterocycles. The molecular formula is C15H25NO6. The molecule has 7 nitrogen and oxygen atoms in total. The summed E-state index contributed by atoms with van der Waals surface area (Å²) < 4.78 is 16.7. The molecule has 126 valence electrons. The number of hydrogen-bond acceptors (Lipinski definition) is 5. The standard InChI is InChI=1S/C15H25NO6/c1-14(2,3)22-13(19)16-6-9-8-20-15(4,5)21-11(9)10(7-16)12(17)18/h9-11H,6-8H2,1-5H3,(H,17,18)/t9-,10-,11+/m1/s1. The summed E-state index contributed by atoms with van der Waals surface area (Å²) in [5, 5.41) is 9.48. The molecule has 0 radical (unpaired) electrons. The molecular weight excluding hydrogens is 290 g/mol. The van der Waals surface area contributed by atoms with Crippen molar-refractivity contribution in [2.45, 2.75) is 52.1 Å². The molecule has 2 rings (SSSR count). The fraction of sp³-hybridized carbons (Fsp3) is 0.867. The Hall–Kier alpha value is -1.34. The van der Waals surface area contributed by atoms with Crippen molar-refractivity contribution in [3.05, 3.63) is 0 Å². The first-order valence-electron chi connectivity index (χ1n) is 7.51. The predicted octanol–water partition coefficient (Wildman–Crippen LogP) is 1.71. The monoisotopic (exact) mass is 315 g/mol. The highest BCUT2D eigenvalue weighted by Gasteiger charge is 2.49. The maximum absolute atomic E-state index is 12.2. The summed E-state index contributed by atoms with van der Waals surface area (Å²) in [4.78, 5) is 25.2. The quantitative estimate of drug-likeness (QED) is 0.793. The summed E-state index contributed by atoms with van der Waals surface area (Å²) in [5.41, 5.74) is -0.617. The maximum Gasteiger partial charge on any atom is 0.410 e. The van der Waals surface area contributed by atoms with E-state index in [1.807, 2.05) is 0 Å². The van der Waals surface area contributed by atoms with E-state index in [-0.39, 0.29) is 12.5 Å². The molecule has 3 atom stereocenters. The van der Waals surface area contributed by atoms with Crippen molar-refractivity contribution in [1.29, 1.82) is 0 Å². The predicted molar refractivity (Wildman–Crippen MR) is 77.3 cm³/mol. The van der Waals surface area contributed by atoms with Gasteiger partial charge in [0.2, 0.25) is 0 Å². The lowest BCUT2D eigenvalue weighted by atomic mass is 9.85. The van der Waals surface area contributed by atoms with Gasteiger partial charge in [-0.2, -0.15) is 0 Å². The summed E-state index contributed by atoms with van der Waals surface area (Å²) >= 11 is 0. The van der Waals surface area contributed by atoms with Crippen LogP contribution in [0.15, 0.2) is 0 Å². The molecule has 2 saturated heterocycles. The summed E-state index contributed by atoms with van der Waals surface area (Å²) in [6.07, 6.45) is -0.957. The molecule has 7 heteroatoms. The summed E-state index contributed by atoms with van der Waals surface area (Å²) in [7, 11) is 0. The molecule has 2 aliphatic rings. The molecule has 2 aliphatic heterocycles. The van der Waals surface area contributed by atoms with E-state index < -0.39 is 35.5 Å². The van der Waals surface area contributed by atoms with Gasteiger partial charge in [0, 0.05) is 19.0 Å². The second kappa shape index (κ2) is 5.70. The number of piperidine rings is 1. The molecule has 0 bridgehead atoms. The lowest BCUT2D eigenvalue weighted by molar-refractivity contribution is -0.309. The van der Waals surface area contributed by atoms with Crippen LogP contribution in [0.3, 0.4) is 0 Å². The summed E-state index contributed by atoms with van der Waals surface area (Å²) in [5.74, 6) is -2.73. The summed E-state index contributed by atoms with van der Waals surface area (Å²) in [6, 6.07) is 0. The zero-order chi connectivity index (χ0) is 16.7. The Bertz CT molecular complexity index is 455. The maximum atomic E-state index is 12.2. The van der Waals surface area contributed by atoms with Gasteiger partial charge in [-0.3, -0.25) is 4.79 Å². The number of hydrogen-bond donors (Lipinski definition) is 1. The smallest absolute Gasteiger partial charge is 0.410 e. The van der Waals surface area contributed by atoms with Crippen LogP contribution in [-0.2, 0) is 19.0 Å². The van der Waals surface area contributed by atoms with Crippen molar-refractivity contribution in [1.82, 2.24) is 4.90 Å². The fourth-order valence-corrected chi connectivity index (χ4v) is 2.82. The number of fused-ring (bicyclic) bond motifs is 1. The number of carbonyl (C=O) groups is 2. The molecule has 0 aliphatic carbocycles. The minimum atomic E-state index is -0.971. The van der Waals surface area contributed by atoms with Crippen LogP contribution < -0.4 is 0 Å². The Kier molecular flexibility index (Phi) is 4.41. The van der Waals surface area contributed by atoms with Crippen LogP contribution in [0.2, 0.25) is 0 Å². The van der Waals surface area contributed by atoms with E-state index in [1.54, 1.807) is 34.6 Å². The largest absolute Gasteiger partial charge is 0.481 e. The molecule has 1 amide bonds. The van der Waals surface area contributed by atoms with Crippen LogP contribution in [0.25, 0.3) is 0 Å². The van der Waals surface area contributed by atoms with E-state index in [4.69, 9.17) is 14.2 Å². The van der Waals surface area contributed by atoms with E-state index in [2.05, 4.69) is 0 Å². The van der Waals surface area contributed by atoms with Crippen LogP contribution >= 0.6 is 0 Å². The van der Waals surface area contributed by atoms with Crippen LogP contribution in [0.5, 0.6) is 0 Å². The van der Waals surface area contributed by atoms with Gasteiger partial charge >= 0.3 is 12.1 Å². The van der Waals surface area contributed by atoms with Gasteiger partial charge in [0.05, 0.1) is 12.7 Å². The highest BCUT2D eigenvalue weighted by molar-refractivity contribution is 5.74. The highest BCUT2D eigenvalue weighted by Crippen LogP contribution is 2.35. The SMILES string of the molecule is CC(C)(C)OC(=O)N1C[C@@H]2COC(C)(C)O[C@@H]2[C@H](C(=O)O)C1. The highest BCUT2D eigenvalue weighted by atomic mass is 16.7. The van der Waals surface area contributed by atoms with Crippen LogP contribution in [0.4, 0.5) is 4.79 Å². The van der Waals surface area contributed by atoms with Gasteiger partial charge in [-0.25, -0.2) is 4.79 Å². The first-order chi connectivity index (χ1) is 9.98. The number of ether oxygens (including phenoxy) is 3.